The van der Waals surface area contributed by atoms with Crippen LogP contribution >= 0.6 is 31.9 Å². The minimum Gasteiger partial charge on any atom is -0.428 e. The van der Waals surface area contributed by atoms with Crippen molar-refractivity contribution in [1.29, 1.82) is 0 Å². The second-order valence-corrected chi connectivity index (χ2v) is 6.82. The molecule has 2 rings (SSSR count). The summed E-state index contributed by atoms with van der Waals surface area (Å²) >= 11 is 6.79. The average molecular weight is 514 g/mol. The van der Waals surface area contributed by atoms with E-state index in [0.29, 0.717) is 6.42 Å². The predicted octanol–water partition coefficient (Wildman–Crippen LogP) is 7.29. The fraction of sp³-hybridized carbons (Fsp3) is 0.316. The van der Waals surface area contributed by atoms with Gasteiger partial charge < -0.3 is 4.74 Å². The zero-order chi connectivity index (χ0) is 20.6. The van der Waals surface area contributed by atoms with Gasteiger partial charge in [-0.1, -0.05) is 63.9 Å². The molecule has 0 spiro atoms. The van der Waals surface area contributed by atoms with Crippen LogP contribution in [0, 0.1) is 0 Å². The molecule has 0 aromatic heterocycles. The van der Waals surface area contributed by atoms with Gasteiger partial charge in [-0.15, -0.1) is 0 Å². The third kappa shape index (κ3) is 6.92. The van der Waals surface area contributed by atoms with E-state index < -0.39 is 18.3 Å². The summed E-state index contributed by atoms with van der Waals surface area (Å²) in [5, 5.41) is 0. The van der Waals surface area contributed by atoms with Crippen LogP contribution in [0.2, 0.25) is 0 Å². The van der Waals surface area contributed by atoms with Crippen molar-refractivity contribution in [3.8, 4) is 5.75 Å². The van der Waals surface area contributed by atoms with E-state index >= 15 is 0 Å². The quantitative estimate of drug-likeness (QED) is 0.287. The Morgan fingerprint density at radius 1 is 1.07 bits per heavy atom. The van der Waals surface area contributed by atoms with Gasteiger partial charge in [0.2, 0.25) is 0 Å². The lowest BCUT2D eigenvalue weighted by molar-refractivity contribution is -0.253. The zero-order valence-corrected chi connectivity index (χ0v) is 17.8. The molecule has 0 amide bonds. The average Bonchev–Trinajstić information content (AvgIpc) is 2.62. The molecule has 0 aliphatic rings. The van der Waals surface area contributed by atoms with E-state index in [0.717, 1.165) is 26.6 Å². The Morgan fingerprint density at radius 2 is 1.63 bits per heavy atom. The highest BCUT2D eigenvalue weighted by atomic mass is 79.9. The standard InChI is InChI=1S/C17H12Br2F4O2.C2H6/c18-13-5-2-6-14(19)12(13)7-8-15(24)10-3-1-4-11(9-10)25-17(22,23)16(20)21;1-2/h1-6,9,16H,7-8H2;1-2H3. The molecule has 0 aliphatic carbocycles. The van der Waals surface area contributed by atoms with Crippen LogP contribution in [0.1, 0.15) is 36.2 Å². The Hall–Kier alpha value is -1.41. The number of carbonyl (C=O) groups is 1. The van der Waals surface area contributed by atoms with E-state index in [1.165, 1.54) is 12.1 Å². The first-order chi connectivity index (χ1) is 12.7. The molecule has 2 nitrogen and oxygen atoms in total. The van der Waals surface area contributed by atoms with Gasteiger partial charge in [0.15, 0.2) is 5.78 Å². The van der Waals surface area contributed by atoms with E-state index in [4.69, 9.17) is 0 Å². The monoisotopic (exact) mass is 512 g/mol. The minimum absolute atomic E-state index is 0.116. The third-order valence-electron chi connectivity index (χ3n) is 3.33. The van der Waals surface area contributed by atoms with Gasteiger partial charge in [-0.25, -0.2) is 0 Å². The first-order valence-corrected chi connectivity index (χ1v) is 9.70. The van der Waals surface area contributed by atoms with Crippen molar-refractivity contribution in [2.24, 2.45) is 0 Å². The van der Waals surface area contributed by atoms with Crippen LogP contribution in [-0.2, 0) is 6.42 Å². The molecule has 0 aliphatic heterocycles. The Labute approximate surface area is 172 Å². The van der Waals surface area contributed by atoms with Crippen molar-refractivity contribution in [2.45, 2.75) is 39.2 Å². The van der Waals surface area contributed by atoms with Gasteiger partial charge in [0.1, 0.15) is 5.75 Å². The van der Waals surface area contributed by atoms with Crippen molar-refractivity contribution < 1.29 is 27.1 Å². The van der Waals surface area contributed by atoms with Crippen LogP contribution in [0.3, 0.4) is 0 Å². The fourth-order valence-electron chi connectivity index (χ4n) is 2.09. The summed E-state index contributed by atoms with van der Waals surface area (Å²) in [6.45, 7) is 4.00. The maximum Gasteiger partial charge on any atom is 0.461 e. The van der Waals surface area contributed by atoms with Crippen molar-refractivity contribution in [1.82, 2.24) is 0 Å². The van der Waals surface area contributed by atoms with Crippen molar-refractivity contribution in [3.05, 3.63) is 62.5 Å². The highest BCUT2D eigenvalue weighted by Gasteiger charge is 2.44. The number of hydrogen-bond donors (Lipinski definition) is 0. The Kier molecular flexibility index (Phi) is 9.45. The topological polar surface area (TPSA) is 26.3 Å². The third-order valence-corrected chi connectivity index (χ3v) is 4.81. The van der Waals surface area contributed by atoms with E-state index in [-0.39, 0.29) is 17.8 Å². The number of rotatable bonds is 7. The molecule has 0 heterocycles. The van der Waals surface area contributed by atoms with Crippen LogP contribution in [0.4, 0.5) is 17.6 Å². The molecule has 148 valence electrons. The minimum atomic E-state index is -4.61. The number of hydrogen-bond acceptors (Lipinski definition) is 2. The number of ether oxygens (including phenoxy) is 1. The Balaban J connectivity index is 0.00000176. The van der Waals surface area contributed by atoms with Crippen LogP contribution in [0.5, 0.6) is 5.75 Å². The lowest BCUT2D eigenvalue weighted by Gasteiger charge is -2.17. The van der Waals surface area contributed by atoms with Gasteiger partial charge in [0.05, 0.1) is 0 Å². The molecule has 0 bridgehead atoms. The summed E-state index contributed by atoms with van der Waals surface area (Å²) in [4.78, 5) is 12.3. The molecule has 8 heteroatoms. The second kappa shape index (κ2) is 10.8. The second-order valence-electron chi connectivity index (χ2n) is 5.12. The molecular weight excluding hydrogens is 496 g/mol. The van der Waals surface area contributed by atoms with E-state index in [9.17, 15) is 22.4 Å². The van der Waals surface area contributed by atoms with Crippen LogP contribution < -0.4 is 4.74 Å². The molecular formula is C19H18Br2F4O2. The summed E-state index contributed by atoms with van der Waals surface area (Å²) in [5.41, 5.74) is 1.01. The summed E-state index contributed by atoms with van der Waals surface area (Å²) < 4.78 is 56.0. The van der Waals surface area contributed by atoms with Crippen molar-refractivity contribution >= 4 is 37.6 Å². The summed E-state index contributed by atoms with van der Waals surface area (Å²) in [6, 6.07) is 10.4. The van der Waals surface area contributed by atoms with Gasteiger partial charge in [-0.3, -0.25) is 4.79 Å². The number of halogens is 6. The van der Waals surface area contributed by atoms with Crippen LogP contribution in [0.25, 0.3) is 0 Å². The molecule has 2 aromatic rings. The fourth-order valence-corrected chi connectivity index (χ4v) is 3.48. The number of carbonyl (C=O) groups excluding carboxylic acids is 1. The smallest absolute Gasteiger partial charge is 0.428 e. The molecule has 0 saturated carbocycles. The summed E-state index contributed by atoms with van der Waals surface area (Å²) in [5.74, 6) is -0.799. The van der Waals surface area contributed by atoms with Crippen molar-refractivity contribution in [3.63, 3.8) is 0 Å². The number of Topliss-reactive ketones (excluding diaryl/α,β-unsaturated/α-hetero) is 1. The van der Waals surface area contributed by atoms with E-state index in [1.807, 2.05) is 32.0 Å². The normalized spacial score (nSPS) is 11.0. The molecule has 0 fully saturated rings. The summed E-state index contributed by atoms with van der Waals surface area (Å²) in [7, 11) is 0. The lowest BCUT2D eigenvalue weighted by Crippen LogP contribution is -2.33. The molecule has 0 radical (unpaired) electrons. The van der Waals surface area contributed by atoms with Crippen LogP contribution in [-0.4, -0.2) is 18.3 Å². The first kappa shape index (κ1) is 23.6. The van der Waals surface area contributed by atoms with Gasteiger partial charge >= 0.3 is 12.5 Å². The van der Waals surface area contributed by atoms with Gasteiger partial charge in [-0.05, 0) is 36.2 Å². The Morgan fingerprint density at radius 3 is 2.19 bits per heavy atom. The highest BCUT2D eigenvalue weighted by molar-refractivity contribution is 9.11. The van der Waals surface area contributed by atoms with Crippen molar-refractivity contribution in [2.75, 3.05) is 0 Å². The van der Waals surface area contributed by atoms with Gasteiger partial charge in [0, 0.05) is 20.9 Å². The lowest BCUT2D eigenvalue weighted by atomic mass is 10.0. The molecule has 0 saturated heterocycles. The number of ketones is 1. The molecule has 2 aromatic carbocycles. The van der Waals surface area contributed by atoms with Crippen LogP contribution in [0.15, 0.2) is 51.4 Å². The molecule has 0 N–H and O–H groups in total. The van der Waals surface area contributed by atoms with Gasteiger partial charge in [-0.2, -0.15) is 17.6 Å². The van der Waals surface area contributed by atoms with E-state index in [1.54, 1.807) is 0 Å². The zero-order valence-electron chi connectivity index (χ0n) is 14.6. The largest absolute Gasteiger partial charge is 0.461 e. The Bertz CT molecular complexity index is 747. The molecule has 27 heavy (non-hydrogen) atoms. The maximum atomic E-state index is 13.0. The van der Waals surface area contributed by atoms with Gasteiger partial charge in [0.25, 0.3) is 0 Å². The molecule has 0 atom stereocenters. The summed E-state index contributed by atoms with van der Waals surface area (Å²) in [6.07, 6.45) is -8.03. The predicted molar refractivity (Wildman–Crippen MR) is 104 cm³/mol. The van der Waals surface area contributed by atoms with E-state index in [2.05, 4.69) is 36.6 Å². The number of alkyl halides is 4. The maximum absolute atomic E-state index is 13.0. The highest BCUT2D eigenvalue weighted by Crippen LogP contribution is 2.29. The first-order valence-electron chi connectivity index (χ1n) is 8.12. The molecule has 0 unspecified atom stereocenters. The number of benzene rings is 2. The SMILES string of the molecule is CC.O=C(CCc1c(Br)cccc1Br)c1cccc(OC(F)(F)C(F)F)c1.